The number of hydrogen-bond acceptors (Lipinski definition) is 7. The Morgan fingerprint density at radius 2 is 2.07 bits per heavy atom. The fourth-order valence-corrected chi connectivity index (χ4v) is 3.57. The van der Waals surface area contributed by atoms with Crippen molar-refractivity contribution in [3.05, 3.63) is 30.0 Å². The second-order valence-electron chi connectivity index (χ2n) is 7.38. The van der Waals surface area contributed by atoms with Crippen LogP contribution < -0.4 is 4.90 Å². The van der Waals surface area contributed by atoms with Crippen molar-refractivity contribution in [1.29, 1.82) is 5.26 Å². The summed E-state index contributed by atoms with van der Waals surface area (Å²) < 4.78 is 10.4. The number of nitriles is 1. The molecule has 7 nitrogen and oxygen atoms in total. The van der Waals surface area contributed by atoms with E-state index < -0.39 is 18.0 Å². The van der Waals surface area contributed by atoms with Crippen molar-refractivity contribution in [3.8, 4) is 6.07 Å². The summed E-state index contributed by atoms with van der Waals surface area (Å²) >= 11 is 0. The highest BCUT2D eigenvalue weighted by atomic mass is 16.6. The number of hydrogen-bond donors (Lipinski definition) is 0. The molecule has 1 aromatic heterocycles. The van der Waals surface area contributed by atoms with E-state index in [0.29, 0.717) is 22.9 Å². The van der Waals surface area contributed by atoms with Gasteiger partial charge in [-0.25, -0.2) is 9.97 Å². The number of nitrogens with zero attached hydrogens (tertiary/aromatic N) is 4. The quantitative estimate of drug-likeness (QED) is 0.710. The molecule has 7 heteroatoms. The minimum Gasteiger partial charge on any atom is -0.459 e. The number of benzene rings is 1. The predicted molar refractivity (Wildman–Crippen MR) is 106 cm³/mol. The molecule has 1 aromatic carbocycles. The molecule has 2 heterocycles. The van der Waals surface area contributed by atoms with Crippen LogP contribution in [-0.4, -0.2) is 48.8 Å². The molecule has 0 saturated carbocycles. The summed E-state index contributed by atoms with van der Waals surface area (Å²) in [6.45, 7) is 5.85. The molecule has 0 amide bonds. The van der Waals surface area contributed by atoms with Crippen molar-refractivity contribution in [2.24, 2.45) is 5.92 Å². The Bertz CT molecular complexity index is 880. The van der Waals surface area contributed by atoms with Gasteiger partial charge in [0.2, 0.25) is 0 Å². The molecule has 1 fully saturated rings. The number of para-hydroxylation sites is 2. The van der Waals surface area contributed by atoms with Crippen LogP contribution in [0.1, 0.15) is 38.3 Å². The lowest BCUT2D eigenvalue weighted by Gasteiger charge is -2.33. The molecule has 28 heavy (non-hydrogen) atoms. The topological polar surface area (TPSA) is 88.3 Å². The van der Waals surface area contributed by atoms with Crippen LogP contribution in [0.4, 0.5) is 5.82 Å². The molecule has 1 saturated heterocycles. The second kappa shape index (κ2) is 8.98. The van der Waals surface area contributed by atoms with Gasteiger partial charge >= 0.3 is 5.97 Å². The van der Waals surface area contributed by atoms with Crippen LogP contribution in [0.2, 0.25) is 0 Å². The summed E-state index contributed by atoms with van der Waals surface area (Å²) in [4.78, 5) is 24.3. The lowest BCUT2D eigenvalue weighted by molar-refractivity contribution is -0.150. The Morgan fingerprint density at radius 1 is 1.36 bits per heavy atom. The number of ether oxygens (including phenoxy) is 2. The Hall–Kier alpha value is -2.72. The van der Waals surface area contributed by atoms with Crippen molar-refractivity contribution >= 4 is 22.8 Å². The molecule has 0 bridgehead atoms. The van der Waals surface area contributed by atoms with E-state index in [9.17, 15) is 10.1 Å². The number of rotatable bonds is 6. The molecule has 2 aromatic rings. The Kier molecular flexibility index (Phi) is 6.42. The summed E-state index contributed by atoms with van der Waals surface area (Å²) in [5.74, 6) is -0.635. The molecule has 0 radical (unpaired) electrons. The number of carbonyl (C=O) groups is 1. The van der Waals surface area contributed by atoms with Gasteiger partial charge < -0.3 is 14.4 Å². The normalized spacial score (nSPS) is 19.1. The van der Waals surface area contributed by atoms with E-state index in [1.165, 1.54) is 7.11 Å². The van der Waals surface area contributed by atoms with E-state index in [1.54, 1.807) is 6.92 Å². The summed E-state index contributed by atoms with van der Waals surface area (Å²) in [5.41, 5.74) is 1.77. The molecule has 0 spiro atoms. The van der Waals surface area contributed by atoms with Crippen molar-refractivity contribution in [2.75, 3.05) is 31.7 Å². The first-order valence-electron chi connectivity index (χ1n) is 9.64. The third-order valence-electron chi connectivity index (χ3n) is 4.89. The molecule has 3 atom stereocenters. The Balaban J connectivity index is 2.02. The molecule has 1 aliphatic heterocycles. The zero-order valence-electron chi connectivity index (χ0n) is 16.6. The van der Waals surface area contributed by atoms with E-state index >= 15 is 0 Å². The number of fused-ring (bicyclic) bond motifs is 1. The molecule has 1 aliphatic rings. The summed E-state index contributed by atoms with van der Waals surface area (Å²) in [5, 5.41) is 9.77. The average molecular weight is 382 g/mol. The molecule has 0 N–H and O–H groups in total. The average Bonchev–Trinajstić information content (AvgIpc) is 2.68. The molecule has 3 unspecified atom stereocenters. The zero-order chi connectivity index (χ0) is 20.1. The summed E-state index contributed by atoms with van der Waals surface area (Å²) in [6, 6.07) is 9.57. The number of piperidine rings is 1. The monoisotopic (exact) mass is 382 g/mol. The van der Waals surface area contributed by atoms with Crippen molar-refractivity contribution in [2.45, 2.75) is 38.7 Å². The van der Waals surface area contributed by atoms with Crippen molar-refractivity contribution < 1.29 is 14.3 Å². The van der Waals surface area contributed by atoms with Gasteiger partial charge in [0, 0.05) is 20.2 Å². The van der Waals surface area contributed by atoms with Crippen LogP contribution in [0.15, 0.2) is 24.3 Å². The number of methoxy groups -OCH3 is 1. The number of anilines is 1. The fraction of sp³-hybridized carbons (Fsp3) is 0.524. The zero-order valence-corrected chi connectivity index (χ0v) is 16.6. The van der Waals surface area contributed by atoms with Gasteiger partial charge in [0.1, 0.15) is 11.8 Å². The van der Waals surface area contributed by atoms with Gasteiger partial charge in [-0.15, -0.1) is 0 Å². The molecule has 0 aliphatic carbocycles. The maximum absolute atomic E-state index is 12.7. The Labute approximate surface area is 165 Å². The first kappa shape index (κ1) is 20.0. The number of aromatic nitrogens is 2. The minimum absolute atomic E-state index is 0.268. The van der Waals surface area contributed by atoms with E-state index in [4.69, 9.17) is 14.5 Å². The van der Waals surface area contributed by atoms with Gasteiger partial charge in [-0.3, -0.25) is 4.79 Å². The maximum Gasteiger partial charge on any atom is 0.330 e. The largest absolute Gasteiger partial charge is 0.459 e. The van der Waals surface area contributed by atoms with Crippen LogP contribution in [0.3, 0.4) is 0 Å². The smallest absolute Gasteiger partial charge is 0.330 e. The van der Waals surface area contributed by atoms with Crippen molar-refractivity contribution in [3.63, 3.8) is 0 Å². The van der Waals surface area contributed by atoms with Crippen LogP contribution in [0.25, 0.3) is 11.0 Å². The lowest BCUT2D eigenvalue weighted by atomic mass is 9.99. The standard InChI is InChI=1S/C21H26N4O3/c1-14-7-6-10-25(12-14)20-19(23-17-8-4-5-9-18(17)24-20)16(11-22)21(26)28-15(2)13-27-3/h4-5,8-9,14-16H,6-7,10,12-13H2,1-3H3. The SMILES string of the molecule is COCC(C)OC(=O)C(C#N)c1nc2ccccc2nc1N1CCCC(C)C1. The predicted octanol–water partition coefficient (Wildman–Crippen LogP) is 3.05. The number of esters is 1. The fourth-order valence-electron chi connectivity index (χ4n) is 3.57. The van der Waals surface area contributed by atoms with Gasteiger partial charge in [-0.05, 0) is 37.8 Å². The van der Waals surface area contributed by atoms with Crippen LogP contribution in [-0.2, 0) is 14.3 Å². The van der Waals surface area contributed by atoms with Gasteiger partial charge in [0.15, 0.2) is 11.7 Å². The van der Waals surface area contributed by atoms with E-state index in [-0.39, 0.29) is 6.61 Å². The van der Waals surface area contributed by atoms with Crippen LogP contribution >= 0.6 is 0 Å². The van der Waals surface area contributed by atoms with Crippen LogP contribution in [0.5, 0.6) is 0 Å². The first-order valence-corrected chi connectivity index (χ1v) is 9.64. The van der Waals surface area contributed by atoms with E-state index in [0.717, 1.165) is 31.4 Å². The maximum atomic E-state index is 12.7. The highest BCUT2D eigenvalue weighted by Crippen LogP contribution is 2.31. The summed E-state index contributed by atoms with van der Waals surface area (Å²) in [7, 11) is 1.54. The second-order valence-corrected chi connectivity index (χ2v) is 7.38. The third-order valence-corrected chi connectivity index (χ3v) is 4.89. The number of carbonyl (C=O) groups excluding carboxylic acids is 1. The van der Waals surface area contributed by atoms with Gasteiger partial charge in [-0.2, -0.15) is 5.26 Å². The lowest BCUT2D eigenvalue weighted by Crippen LogP contribution is -2.36. The highest BCUT2D eigenvalue weighted by molar-refractivity contribution is 5.85. The van der Waals surface area contributed by atoms with Gasteiger partial charge in [0.25, 0.3) is 0 Å². The highest BCUT2D eigenvalue weighted by Gasteiger charge is 2.32. The van der Waals surface area contributed by atoms with Gasteiger partial charge in [-0.1, -0.05) is 19.1 Å². The molecular weight excluding hydrogens is 356 g/mol. The van der Waals surface area contributed by atoms with E-state index in [1.807, 2.05) is 24.3 Å². The molecular formula is C21H26N4O3. The van der Waals surface area contributed by atoms with Crippen LogP contribution in [0, 0.1) is 17.2 Å². The van der Waals surface area contributed by atoms with Gasteiger partial charge in [0.05, 0.1) is 23.7 Å². The third kappa shape index (κ3) is 4.39. The van der Waals surface area contributed by atoms with E-state index in [2.05, 4.69) is 22.9 Å². The van der Waals surface area contributed by atoms with Crippen molar-refractivity contribution in [1.82, 2.24) is 9.97 Å². The molecule has 3 rings (SSSR count). The summed E-state index contributed by atoms with van der Waals surface area (Å²) in [6.07, 6.45) is 1.76. The Morgan fingerprint density at radius 3 is 2.71 bits per heavy atom. The molecule has 148 valence electrons. The first-order chi connectivity index (χ1) is 13.5. The minimum atomic E-state index is -1.14.